The average Bonchev–Trinajstić information content (AvgIpc) is 2.38. The summed E-state index contributed by atoms with van der Waals surface area (Å²) in [5.74, 6) is 0.552. The number of hydrogen-bond donors (Lipinski definition) is 1. The van der Waals surface area contributed by atoms with Crippen LogP contribution in [0.1, 0.15) is 36.7 Å². The summed E-state index contributed by atoms with van der Waals surface area (Å²) >= 11 is 0. The fourth-order valence-corrected chi connectivity index (χ4v) is 3.67. The standard InChI is InChI=1S/C14H18N2O2/c1-10-6-11-8-14(7-10,9-17)16(11)13(18)12-4-2-3-5-15-12/h2-5,10-11,17H,6-9H2,1H3/t10-,11?,14-/m1/s1. The van der Waals surface area contributed by atoms with Gasteiger partial charge in [-0.25, -0.2) is 0 Å². The Balaban J connectivity index is 1.87. The summed E-state index contributed by atoms with van der Waals surface area (Å²) in [6, 6.07) is 5.65. The van der Waals surface area contributed by atoms with Gasteiger partial charge in [0.15, 0.2) is 0 Å². The highest BCUT2D eigenvalue weighted by Gasteiger charge is 2.57. The molecule has 18 heavy (non-hydrogen) atoms. The van der Waals surface area contributed by atoms with Gasteiger partial charge in [0.25, 0.3) is 5.91 Å². The fourth-order valence-electron chi connectivity index (χ4n) is 3.67. The molecule has 0 radical (unpaired) electrons. The van der Waals surface area contributed by atoms with Crippen molar-refractivity contribution in [2.45, 2.75) is 37.8 Å². The minimum atomic E-state index is -0.322. The fraction of sp³-hybridized carbons (Fsp3) is 0.571. The van der Waals surface area contributed by atoms with Crippen molar-refractivity contribution in [2.24, 2.45) is 5.92 Å². The lowest BCUT2D eigenvalue weighted by molar-refractivity contribution is -0.123. The number of rotatable bonds is 2. The van der Waals surface area contributed by atoms with E-state index < -0.39 is 0 Å². The molecule has 96 valence electrons. The van der Waals surface area contributed by atoms with Crippen LogP contribution in [0.4, 0.5) is 0 Å². The summed E-state index contributed by atoms with van der Waals surface area (Å²) in [6.07, 6.45) is 4.52. The maximum atomic E-state index is 12.5. The first-order chi connectivity index (χ1) is 8.66. The number of aliphatic hydroxyl groups is 1. The van der Waals surface area contributed by atoms with Gasteiger partial charge in [-0.3, -0.25) is 9.78 Å². The van der Waals surface area contributed by atoms with Gasteiger partial charge in [-0.15, -0.1) is 0 Å². The number of fused-ring (bicyclic) bond motifs is 2. The molecule has 3 heterocycles. The number of aliphatic hydroxyl groups excluding tert-OH is 1. The van der Waals surface area contributed by atoms with Gasteiger partial charge in [0.2, 0.25) is 0 Å². The molecule has 4 rings (SSSR count). The molecule has 1 saturated carbocycles. The first-order valence-electron chi connectivity index (χ1n) is 6.52. The summed E-state index contributed by atoms with van der Waals surface area (Å²) < 4.78 is 0. The third-order valence-electron chi connectivity index (χ3n) is 4.29. The molecule has 3 fully saturated rings. The smallest absolute Gasteiger partial charge is 0.273 e. The van der Waals surface area contributed by atoms with E-state index in [0.29, 0.717) is 11.6 Å². The van der Waals surface area contributed by atoms with Gasteiger partial charge in [0, 0.05) is 12.2 Å². The Morgan fingerprint density at radius 2 is 2.39 bits per heavy atom. The molecule has 0 aromatic carbocycles. The number of carbonyl (C=O) groups is 1. The number of aromatic nitrogens is 1. The van der Waals surface area contributed by atoms with Crippen molar-refractivity contribution in [3.63, 3.8) is 0 Å². The van der Waals surface area contributed by atoms with Crippen molar-refractivity contribution < 1.29 is 9.90 Å². The monoisotopic (exact) mass is 246 g/mol. The summed E-state index contributed by atoms with van der Waals surface area (Å²) in [7, 11) is 0. The second kappa shape index (κ2) is 4.05. The van der Waals surface area contributed by atoms with E-state index in [-0.39, 0.29) is 24.1 Å². The van der Waals surface area contributed by atoms with Gasteiger partial charge < -0.3 is 10.0 Å². The van der Waals surface area contributed by atoms with E-state index in [1.54, 1.807) is 18.3 Å². The van der Waals surface area contributed by atoms with Crippen LogP contribution in [-0.2, 0) is 0 Å². The van der Waals surface area contributed by atoms with Gasteiger partial charge in [0.05, 0.1) is 12.1 Å². The minimum absolute atomic E-state index is 0.0344. The number of pyridine rings is 1. The highest BCUT2D eigenvalue weighted by molar-refractivity contribution is 5.93. The van der Waals surface area contributed by atoms with E-state index in [0.717, 1.165) is 19.3 Å². The number of hydrogen-bond acceptors (Lipinski definition) is 3. The van der Waals surface area contributed by atoms with Crippen molar-refractivity contribution in [3.05, 3.63) is 30.1 Å². The van der Waals surface area contributed by atoms with E-state index in [9.17, 15) is 9.90 Å². The van der Waals surface area contributed by atoms with Crippen LogP contribution in [0.15, 0.2) is 24.4 Å². The second-order valence-electron chi connectivity index (χ2n) is 5.68. The van der Waals surface area contributed by atoms with Crippen LogP contribution in [0.3, 0.4) is 0 Å². The Morgan fingerprint density at radius 3 is 3.06 bits per heavy atom. The van der Waals surface area contributed by atoms with Crippen molar-refractivity contribution in [1.29, 1.82) is 0 Å². The summed E-state index contributed by atoms with van der Waals surface area (Å²) in [5.41, 5.74) is 0.159. The molecular formula is C14H18N2O2. The van der Waals surface area contributed by atoms with Crippen LogP contribution in [0.2, 0.25) is 0 Å². The zero-order chi connectivity index (χ0) is 12.8. The topological polar surface area (TPSA) is 53.4 Å². The van der Waals surface area contributed by atoms with Gasteiger partial charge in [-0.2, -0.15) is 0 Å². The zero-order valence-electron chi connectivity index (χ0n) is 10.5. The molecule has 1 amide bonds. The SMILES string of the molecule is C[C@@H]1CC2C[C@@](CO)(C1)N2C(=O)c1ccccn1. The predicted molar refractivity (Wildman–Crippen MR) is 67.0 cm³/mol. The molecule has 2 aliphatic heterocycles. The number of piperidine rings is 1. The van der Waals surface area contributed by atoms with Crippen LogP contribution in [0, 0.1) is 5.92 Å². The molecule has 0 spiro atoms. The lowest BCUT2D eigenvalue weighted by Gasteiger charge is -2.63. The van der Waals surface area contributed by atoms with E-state index in [1.165, 1.54) is 0 Å². The number of carbonyl (C=O) groups excluding carboxylic acids is 1. The third kappa shape index (κ3) is 1.56. The Kier molecular flexibility index (Phi) is 2.63. The van der Waals surface area contributed by atoms with E-state index >= 15 is 0 Å². The molecule has 2 saturated heterocycles. The highest BCUT2D eigenvalue weighted by atomic mass is 16.3. The Labute approximate surface area is 107 Å². The van der Waals surface area contributed by atoms with Gasteiger partial charge in [-0.05, 0) is 37.3 Å². The lowest BCUT2D eigenvalue weighted by atomic mass is 9.64. The van der Waals surface area contributed by atoms with Crippen LogP contribution >= 0.6 is 0 Å². The third-order valence-corrected chi connectivity index (χ3v) is 4.29. The van der Waals surface area contributed by atoms with Gasteiger partial charge in [-0.1, -0.05) is 13.0 Å². The zero-order valence-corrected chi connectivity index (χ0v) is 10.5. The van der Waals surface area contributed by atoms with Crippen LogP contribution < -0.4 is 0 Å². The van der Waals surface area contributed by atoms with E-state index in [1.807, 2.05) is 11.0 Å². The molecule has 4 nitrogen and oxygen atoms in total. The molecule has 3 aliphatic rings. The molecule has 3 atom stereocenters. The average molecular weight is 246 g/mol. The second-order valence-corrected chi connectivity index (χ2v) is 5.68. The normalized spacial score (nSPS) is 34.0. The van der Waals surface area contributed by atoms with Crippen molar-refractivity contribution in [1.82, 2.24) is 9.88 Å². The first-order valence-corrected chi connectivity index (χ1v) is 6.52. The molecular weight excluding hydrogens is 228 g/mol. The largest absolute Gasteiger partial charge is 0.394 e. The Bertz CT molecular complexity index is 462. The van der Waals surface area contributed by atoms with Crippen molar-refractivity contribution in [2.75, 3.05) is 6.61 Å². The molecule has 1 N–H and O–H groups in total. The molecule has 4 heteroatoms. The maximum Gasteiger partial charge on any atom is 0.273 e. The van der Waals surface area contributed by atoms with E-state index in [4.69, 9.17) is 0 Å². The first kappa shape index (κ1) is 11.7. The lowest BCUT2D eigenvalue weighted by Crippen LogP contribution is -2.73. The van der Waals surface area contributed by atoms with Crippen LogP contribution in [0.25, 0.3) is 0 Å². The summed E-state index contributed by atoms with van der Waals surface area (Å²) in [4.78, 5) is 18.5. The van der Waals surface area contributed by atoms with Gasteiger partial charge in [0.1, 0.15) is 5.69 Å². The van der Waals surface area contributed by atoms with Crippen LogP contribution in [-0.4, -0.2) is 39.1 Å². The number of nitrogens with zero attached hydrogens (tertiary/aromatic N) is 2. The molecule has 1 aromatic rings. The predicted octanol–water partition coefficient (Wildman–Crippen LogP) is 1.46. The summed E-state index contributed by atoms with van der Waals surface area (Å²) in [6.45, 7) is 2.26. The molecule has 1 unspecified atom stereocenters. The Morgan fingerprint density at radius 1 is 1.56 bits per heavy atom. The Hall–Kier alpha value is -1.42. The molecule has 1 aliphatic carbocycles. The number of amides is 1. The quantitative estimate of drug-likeness (QED) is 0.859. The molecule has 1 aromatic heterocycles. The maximum absolute atomic E-state index is 12.5. The van der Waals surface area contributed by atoms with E-state index in [2.05, 4.69) is 11.9 Å². The minimum Gasteiger partial charge on any atom is -0.394 e. The van der Waals surface area contributed by atoms with Crippen LogP contribution in [0.5, 0.6) is 0 Å². The van der Waals surface area contributed by atoms with Crippen molar-refractivity contribution >= 4 is 5.91 Å². The van der Waals surface area contributed by atoms with Crippen molar-refractivity contribution in [3.8, 4) is 0 Å². The summed E-state index contributed by atoms with van der Waals surface area (Å²) in [5, 5.41) is 9.66. The highest BCUT2D eigenvalue weighted by Crippen LogP contribution is 2.49. The molecule has 2 bridgehead atoms. The van der Waals surface area contributed by atoms with Gasteiger partial charge >= 0.3 is 0 Å².